The van der Waals surface area contributed by atoms with Crippen LogP contribution in [0.3, 0.4) is 0 Å². The van der Waals surface area contributed by atoms with Gasteiger partial charge in [-0.3, -0.25) is 4.79 Å². The largest absolute Gasteiger partial charge is 0.493 e. The Hall–Kier alpha value is -3.05. The highest BCUT2D eigenvalue weighted by Crippen LogP contribution is 2.37. The van der Waals surface area contributed by atoms with Gasteiger partial charge in [0.2, 0.25) is 15.9 Å². The number of nitrogens with zero attached hydrogens (tertiary/aromatic N) is 1. The lowest BCUT2D eigenvalue weighted by molar-refractivity contribution is -0.145. The third-order valence-corrected chi connectivity index (χ3v) is 11.1. The number of likely N-dealkylation sites (tertiary alicyclic amines) is 1. The minimum atomic E-state index is -4.52. The Balaban J connectivity index is 1.24. The Morgan fingerprint density at radius 3 is 2.24 bits per heavy atom. The molecule has 6 rings (SSSR count). The topological polar surface area (TPSA) is 87.7 Å². The Bertz CT molecular complexity index is 1580. The molecule has 0 aromatic heterocycles. The molecular formula is C34H38ClF2N3O4S. The van der Waals surface area contributed by atoms with Crippen molar-refractivity contribution in [2.45, 2.75) is 61.4 Å². The fourth-order valence-corrected chi connectivity index (χ4v) is 8.08. The fraction of sp³-hybridized carbons (Fsp3) is 0.441. The molecule has 2 aliphatic heterocycles. The summed E-state index contributed by atoms with van der Waals surface area (Å²) in [4.78, 5) is 15.1. The van der Waals surface area contributed by atoms with Crippen LogP contribution in [-0.2, 0) is 20.7 Å². The van der Waals surface area contributed by atoms with E-state index in [2.05, 4.69) is 10.0 Å². The number of carbonyl (C=O) groups excluding carboxylic acids is 1. The van der Waals surface area contributed by atoms with Gasteiger partial charge in [-0.05, 0) is 78.6 Å². The van der Waals surface area contributed by atoms with Crippen molar-refractivity contribution in [2.75, 3.05) is 26.2 Å². The third-order valence-electron chi connectivity index (χ3n) is 9.40. The summed E-state index contributed by atoms with van der Waals surface area (Å²) in [5.41, 5.74) is 0.999. The van der Waals surface area contributed by atoms with Crippen molar-refractivity contribution in [1.29, 1.82) is 0 Å². The summed E-state index contributed by atoms with van der Waals surface area (Å²) >= 11 is 5.98. The molecule has 3 aromatic rings. The molecule has 1 amide bonds. The molecule has 240 valence electrons. The zero-order valence-electron chi connectivity index (χ0n) is 24.9. The van der Waals surface area contributed by atoms with Crippen molar-refractivity contribution in [1.82, 2.24) is 14.9 Å². The quantitative estimate of drug-likeness (QED) is 0.270. The van der Waals surface area contributed by atoms with Crippen molar-refractivity contribution < 1.29 is 26.7 Å². The molecule has 1 aliphatic carbocycles. The van der Waals surface area contributed by atoms with Crippen LogP contribution >= 0.6 is 11.6 Å². The number of carbonyl (C=O) groups is 1. The van der Waals surface area contributed by atoms with E-state index < -0.39 is 33.5 Å². The monoisotopic (exact) mass is 657 g/mol. The first kappa shape index (κ1) is 31.9. The molecule has 2 saturated heterocycles. The van der Waals surface area contributed by atoms with E-state index in [4.69, 9.17) is 16.3 Å². The zero-order valence-corrected chi connectivity index (χ0v) is 26.5. The van der Waals surface area contributed by atoms with Crippen LogP contribution in [0.2, 0.25) is 5.02 Å². The number of hydrogen-bond donors (Lipinski definition) is 2. The Labute approximate surface area is 268 Å². The molecule has 0 bridgehead atoms. The van der Waals surface area contributed by atoms with Gasteiger partial charge < -0.3 is 15.0 Å². The summed E-state index contributed by atoms with van der Waals surface area (Å²) in [7, 11) is -4.52. The first-order valence-corrected chi connectivity index (χ1v) is 17.5. The molecule has 0 spiro atoms. The van der Waals surface area contributed by atoms with E-state index in [1.165, 1.54) is 72.7 Å². The van der Waals surface area contributed by atoms with E-state index in [1.807, 2.05) is 0 Å². The zero-order chi connectivity index (χ0) is 31.6. The highest BCUT2D eigenvalue weighted by molar-refractivity contribution is 7.89. The molecule has 0 unspecified atom stereocenters. The van der Waals surface area contributed by atoms with Gasteiger partial charge in [-0.15, -0.1) is 0 Å². The van der Waals surface area contributed by atoms with Gasteiger partial charge in [0, 0.05) is 36.3 Å². The number of nitrogens with one attached hydrogen (secondary N) is 2. The lowest BCUT2D eigenvalue weighted by Crippen LogP contribution is -2.57. The first-order chi connectivity index (χ1) is 21.6. The number of alkyl halides is 2. The number of halogens is 3. The van der Waals surface area contributed by atoms with E-state index in [-0.39, 0.29) is 16.9 Å². The summed E-state index contributed by atoms with van der Waals surface area (Å²) < 4.78 is 68.0. The first-order valence-electron chi connectivity index (χ1n) is 15.6. The van der Waals surface area contributed by atoms with Gasteiger partial charge in [-0.25, -0.2) is 8.42 Å². The maximum absolute atomic E-state index is 16.4. The normalized spacial score (nSPS) is 21.4. The Morgan fingerprint density at radius 1 is 0.933 bits per heavy atom. The SMILES string of the molecule is O=C([C@@H](NS(=O)(=O)c1ccc(OCC2CCCCC2)cc1)C(F)(F)c1ccc(-c2ccc(Cl)cc2)cc1)N1CC[C@@H]2CNC[C@@H]21. The van der Waals surface area contributed by atoms with Gasteiger partial charge >= 0.3 is 0 Å². The van der Waals surface area contributed by atoms with E-state index in [0.717, 1.165) is 18.4 Å². The van der Waals surface area contributed by atoms with E-state index in [1.54, 1.807) is 24.3 Å². The van der Waals surface area contributed by atoms with Gasteiger partial charge in [0.25, 0.3) is 5.92 Å². The summed E-state index contributed by atoms with van der Waals surface area (Å²) in [5.74, 6) is -3.65. The van der Waals surface area contributed by atoms with Crippen LogP contribution in [-0.4, -0.2) is 57.5 Å². The highest BCUT2D eigenvalue weighted by atomic mass is 35.5. The van der Waals surface area contributed by atoms with Gasteiger partial charge in [-0.2, -0.15) is 13.5 Å². The van der Waals surface area contributed by atoms with Crippen LogP contribution in [0.5, 0.6) is 5.75 Å². The molecule has 0 radical (unpaired) electrons. The second kappa shape index (κ2) is 13.4. The number of sulfonamides is 1. The van der Waals surface area contributed by atoms with Crippen LogP contribution < -0.4 is 14.8 Å². The van der Waals surface area contributed by atoms with Gasteiger partial charge in [-0.1, -0.05) is 67.3 Å². The molecule has 3 atom stereocenters. The van der Waals surface area contributed by atoms with Gasteiger partial charge in [0.1, 0.15) is 5.75 Å². The summed E-state index contributed by atoms with van der Waals surface area (Å²) in [5, 5.41) is 3.77. The van der Waals surface area contributed by atoms with Crippen molar-refractivity contribution in [3.05, 3.63) is 83.4 Å². The van der Waals surface area contributed by atoms with Gasteiger partial charge in [0.05, 0.1) is 11.5 Å². The number of fused-ring (bicyclic) bond motifs is 1. The number of benzene rings is 3. The smallest absolute Gasteiger partial charge is 0.298 e. The molecule has 3 aromatic carbocycles. The molecule has 3 fully saturated rings. The van der Waals surface area contributed by atoms with Crippen molar-refractivity contribution >= 4 is 27.5 Å². The number of ether oxygens (including phenoxy) is 1. The van der Waals surface area contributed by atoms with Crippen LogP contribution in [0.15, 0.2) is 77.7 Å². The molecule has 45 heavy (non-hydrogen) atoms. The molecule has 2 N–H and O–H groups in total. The molecule has 2 heterocycles. The second-order valence-corrected chi connectivity index (χ2v) is 14.5. The summed E-state index contributed by atoms with van der Waals surface area (Å²) in [6.07, 6.45) is 6.50. The third kappa shape index (κ3) is 7.04. The predicted molar refractivity (Wildman–Crippen MR) is 170 cm³/mol. The molecule has 7 nitrogen and oxygen atoms in total. The fourth-order valence-electron chi connectivity index (χ4n) is 6.77. The van der Waals surface area contributed by atoms with Crippen LogP contribution in [0.1, 0.15) is 44.1 Å². The average molecular weight is 658 g/mol. The lowest BCUT2D eigenvalue weighted by Gasteiger charge is -2.33. The van der Waals surface area contributed by atoms with Crippen LogP contribution in [0, 0.1) is 11.8 Å². The minimum absolute atomic E-state index is 0.152. The Kier molecular flexibility index (Phi) is 9.47. The molecule has 1 saturated carbocycles. The molecule has 3 aliphatic rings. The van der Waals surface area contributed by atoms with Crippen molar-refractivity contribution in [2.24, 2.45) is 11.8 Å². The lowest BCUT2D eigenvalue weighted by atomic mass is 9.90. The Morgan fingerprint density at radius 2 is 1.58 bits per heavy atom. The van der Waals surface area contributed by atoms with E-state index >= 15 is 8.78 Å². The maximum Gasteiger partial charge on any atom is 0.298 e. The minimum Gasteiger partial charge on any atom is -0.493 e. The van der Waals surface area contributed by atoms with Crippen molar-refractivity contribution in [3.8, 4) is 16.9 Å². The number of amides is 1. The maximum atomic E-state index is 16.4. The molecule has 11 heteroatoms. The highest BCUT2D eigenvalue weighted by Gasteiger charge is 2.52. The standard InChI is InChI=1S/C34H38ClF2N3O4S/c35-28-12-8-25(9-13-28)24-6-10-27(11-7-24)34(36,37)32(33(41)40-19-18-26-20-38-21-31(26)40)39-45(42,43)30-16-14-29(15-17-30)44-22-23-4-2-1-3-5-23/h6-17,23,26,31-32,38-39H,1-5,18-22H2/t26-,31+,32-/m1/s1. The number of rotatable bonds is 10. The summed E-state index contributed by atoms with van der Waals surface area (Å²) in [6.45, 7) is 2.03. The van der Waals surface area contributed by atoms with E-state index in [9.17, 15) is 13.2 Å². The van der Waals surface area contributed by atoms with Gasteiger partial charge in [0.15, 0.2) is 6.04 Å². The van der Waals surface area contributed by atoms with Crippen LogP contribution in [0.4, 0.5) is 8.78 Å². The van der Waals surface area contributed by atoms with E-state index in [0.29, 0.717) is 54.9 Å². The molecular weight excluding hydrogens is 620 g/mol. The predicted octanol–water partition coefficient (Wildman–Crippen LogP) is 6.23. The second-order valence-electron chi connectivity index (χ2n) is 12.4. The van der Waals surface area contributed by atoms with Crippen molar-refractivity contribution in [3.63, 3.8) is 0 Å². The summed E-state index contributed by atoms with van der Waals surface area (Å²) in [6, 6.07) is 15.6. The van der Waals surface area contributed by atoms with Crippen LogP contribution in [0.25, 0.3) is 11.1 Å². The number of hydrogen-bond acceptors (Lipinski definition) is 5. The average Bonchev–Trinajstić information content (AvgIpc) is 3.68.